The summed E-state index contributed by atoms with van der Waals surface area (Å²) in [5.74, 6) is 0.466. The summed E-state index contributed by atoms with van der Waals surface area (Å²) >= 11 is 6.02. The number of hydrogen-bond acceptors (Lipinski definition) is 5. The van der Waals surface area contributed by atoms with Crippen molar-refractivity contribution in [2.75, 3.05) is 39.5 Å². The number of halogens is 1. The monoisotopic (exact) mass is 332 g/mol. The van der Waals surface area contributed by atoms with Crippen LogP contribution < -0.4 is 5.32 Å². The smallest absolute Gasteiger partial charge is 0.244 e. The van der Waals surface area contributed by atoms with E-state index in [9.17, 15) is 8.42 Å². The van der Waals surface area contributed by atoms with Gasteiger partial charge in [-0.05, 0) is 32.5 Å². The molecule has 0 bridgehead atoms. The van der Waals surface area contributed by atoms with E-state index < -0.39 is 10.0 Å². The van der Waals surface area contributed by atoms with Gasteiger partial charge in [-0.2, -0.15) is 4.31 Å². The van der Waals surface area contributed by atoms with E-state index >= 15 is 0 Å². The minimum absolute atomic E-state index is 0.120. The Morgan fingerprint density at radius 2 is 2.29 bits per heavy atom. The normalized spacial score (nSPS) is 20.1. The highest BCUT2D eigenvalue weighted by Crippen LogP contribution is 2.24. The van der Waals surface area contributed by atoms with Crippen LogP contribution in [0.15, 0.2) is 17.2 Å². The molecule has 0 saturated carbocycles. The molecule has 0 aliphatic carbocycles. The topological polar surface area (TPSA) is 65.5 Å². The molecule has 1 fully saturated rings. The molecule has 1 aromatic rings. The maximum Gasteiger partial charge on any atom is 0.244 e. The van der Waals surface area contributed by atoms with Crippen molar-refractivity contribution >= 4 is 27.4 Å². The summed E-state index contributed by atoms with van der Waals surface area (Å²) < 4.78 is 26.5. The Hall–Kier alpha value is -0.890. The van der Waals surface area contributed by atoms with E-state index in [-0.39, 0.29) is 10.9 Å². The third-order valence-electron chi connectivity index (χ3n) is 3.90. The van der Waals surface area contributed by atoms with Crippen molar-refractivity contribution in [3.63, 3.8) is 0 Å². The molecule has 21 heavy (non-hydrogen) atoms. The number of pyridine rings is 1. The molecule has 1 aliphatic heterocycles. The molecule has 1 unspecified atom stereocenters. The number of nitrogens with zero attached hydrogens (tertiary/aromatic N) is 3. The van der Waals surface area contributed by atoms with Gasteiger partial charge in [0, 0.05) is 32.9 Å². The fourth-order valence-electron chi connectivity index (χ4n) is 2.53. The average molecular weight is 333 g/mol. The number of likely N-dealkylation sites (N-methyl/N-ethyl adjacent to an activating group) is 2. The van der Waals surface area contributed by atoms with E-state index in [2.05, 4.69) is 15.2 Å². The number of nitrogens with one attached hydrogen (secondary N) is 1. The molecular weight excluding hydrogens is 312 g/mol. The summed E-state index contributed by atoms with van der Waals surface area (Å²) in [6.07, 6.45) is 3.47. The van der Waals surface area contributed by atoms with Crippen LogP contribution in [0, 0.1) is 0 Å². The molecule has 0 amide bonds. The van der Waals surface area contributed by atoms with Crippen molar-refractivity contribution < 1.29 is 8.42 Å². The zero-order valence-electron chi connectivity index (χ0n) is 12.5. The minimum Gasteiger partial charge on any atom is -0.372 e. The lowest BCUT2D eigenvalue weighted by atomic mass is 10.2. The molecule has 1 aromatic heterocycles. The molecule has 0 radical (unpaired) electrons. The second kappa shape index (κ2) is 6.48. The third-order valence-corrected chi connectivity index (χ3v) is 5.98. The van der Waals surface area contributed by atoms with Crippen LogP contribution >= 0.6 is 11.6 Å². The zero-order chi connectivity index (χ0) is 15.6. The van der Waals surface area contributed by atoms with Crippen LogP contribution in [0.25, 0.3) is 0 Å². The van der Waals surface area contributed by atoms with Gasteiger partial charge in [-0.25, -0.2) is 13.4 Å². The maximum atomic E-state index is 12.6. The van der Waals surface area contributed by atoms with Crippen LogP contribution in [0.5, 0.6) is 0 Å². The molecule has 1 N–H and O–H groups in total. The Bertz CT molecular complexity index is 608. The van der Waals surface area contributed by atoms with E-state index in [0.29, 0.717) is 17.4 Å². The van der Waals surface area contributed by atoms with Crippen molar-refractivity contribution in [1.82, 2.24) is 14.2 Å². The number of likely N-dealkylation sites (tertiary alicyclic amines) is 1. The largest absolute Gasteiger partial charge is 0.372 e. The standard InChI is InChI=1S/C13H21ClN4O2S/c1-15-13-12(14)7-11(8-16-13)21(19,20)18(3)9-10-5-4-6-17(10)2/h7-8,10H,4-6,9H2,1-3H3,(H,15,16). The van der Waals surface area contributed by atoms with Gasteiger partial charge in [0.2, 0.25) is 10.0 Å². The number of sulfonamides is 1. The van der Waals surface area contributed by atoms with E-state index in [4.69, 9.17) is 11.6 Å². The first-order valence-corrected chi connectivity index (χ1v) is 8.68. The Balaban J connectivity index is 2.18. The molecule has 1 saturated heterocycles. The molecule has 2 heterocycles. The van der Waals surface area contributed by atoms with Gasteiger partial charge in [0.05, 0.1) is 5.02 Å². The van der Waals surface area contributed by atoms with Crippen LogP contribution in [0.2, 0.25) is 5.02 Å². The van der Waals surface area contributed by atoms with Gasteiger partial charge in [0.1, 0.15) is 10.7 Å². The van der Waals surface area contributed by atoms with E-state index in [1.54, 1.807) is 14.1 Å². The maximum absolute atomic E-state index is 12.6. The Labute approximate surface area is 131 Å². The summed E-state index contributed by atoms with van der Waals surface area (Å²) in [7, 11) is 1.74. The number of anilines is 1. The quantitative estimate of drug-likeness (QED) is 0.885. The fraction of sp³-hybridized carbons (Fsp3) is 0.615. The Morgan fingerprint density at radius 3 is 2.81 bits per heavy atom. The summed E-state index contributed by atoms with van der Waals surface area (Å²) in [6, 6.07) is 1.70. The molecule has 2 rings (SSSR count). The van der Waals surface area contributed by atoms with E-state index in [0.717, 1.165) is 19.4 Å². The molecular formula is C13H21ClN4O2S. The Kier molecular flexibility index (Phi) is 5.08. The lowest BCUT2D eigenvalue weighted by Crippen LogP contribution is -2.39. The summed E-state index contributed by atoms with van der Waals surface area (Å²) in [6.45, 7) is 1.49. The first-order valence-electron chi connectivity index (χ1n) is 6.86. The summed E-state index contributed by atoms with van der Waals surface area (Å²) in [5, 5.41) is 3.11. The van der Waals surface area contributed by atoms with Crippen molar-refractivity contribution in [3.8, 4) is 0 Å². The lowest BCUT2D eigenvalue weighted by molar-refractivity contribution is 0.271. The second-order valence-electron chi connectivity index (χ2n) is 5.31. The first-order chi connectivity index (χ1) is 9.86. The predicted molar refractivity (Wildman–Crippen MR) is 84.3 cm³/mol. The summed E-state index contributed by atoms with van der Waals surface area (Å²) in [5.41, 5.74) is 0. The van der Waals surface area contributed by atoms with Crippen molar-refractivity contribution in [2.45, 2.75) is 23.8 Å². The Morgan fingerprint density at radius 1 is 1.57 bits per heavy atom. The van der Waals surface area contributed by atoms with Crippen molar-refractivity contribution in [1.29, 1.82) is 0 Å². The van der Waals surface area contributed by atoms with E-state index in [1.807, 2.05) is 7.05 Å². The van der Waals surface area contributed by atoms with Gasteiger partial charge in [0.15, 0.2) is 0 Å². The number of aromatic nitrogens is 1. The summed E-state index contributed by atoms with van der Waals surface area (Å²) in [4.78, 5) is 6.35. The van der Waals surface area contributed by atoms with Crippen LogP contribution in [0.3, 0.4) is 0 Å². The second-order valence-corrected chi connectivity index (χ2v) is 7.77. The average Bonchev–Trinajstić information content (AvgIpc) is 2.84. The van der Waals surface area contributed by atoms with Crippen LogP contribution in [0.1, 0.15) is 12.8 Å². The molecule has 8 heteroatoms. The minimum atomic E-state index is -3.57. The van der Waals surface area contributed by atoms with Gasteiger partial charge in [0.25, 0.3) is 0 Å². The third kappa shape index (κ3) is 3.48. The van der Waals surface area contributed by atoms with Crippen LogP contribution in [0.4, 0.5) is 5.82 Å². The SMILES string of the molecule is CNc1ncc(S(=O)(=O)N(C)CC2CCCN2C)cc1Cl. The highest BCUT2D eigenvalue weighted by atomic mass is 35.5. The molecule has 0 spiro atoms. The van der Waals surface area contributed by atoms with Crippen molar-refractivity contribution in [3.05, 3.63) is 17.3 Å². The van der Waals surface area contributed by atoms with Gasteiger partial charge in [-0.1, -0.05) is 11.6 Å². The number of hydrogen-bond donors (Lipinski definition) is 1. The zero-order valence-corrected chi connectivity index (χ0v) is 14.1. The highest BCUT2D eigenvalue weighted by Gasteiger charge is 2.28. The van der Waals surface area contributed by atoms with Crippen LogP contribution in [-0.4, -0.2) is 62.9 Å². The molecule has 6 nitrogen and oxygen atoms in total. The van der Waals surface area contributed by atoms with Gasteiger partial charge >= 0.3 is 0 Å². The molecule has 118 valence electrons. The van der Waals surface area contributed by atoms with Gasteiger partial charge in [-0.15, -0.1) is 0 Å². The predicted octanol–water partition coefficient (Wildman–Crippen LogP) is 1.49. The molecule has 1 aliphatic rings. The van der Waals surface area contributed by atoms with Crippen molar-refractivity contribution in [2.24, 2.45) is 0 Å². The van der Waals surface area contributed by atoms with Gasteiger partial charge < -0.3 is 10.2 Å². The van der Waals surface area contributed by atoms with Crippen LogP contribution in [-0.2, 0) is 10.0 Å². The molecule has 1 atom stereocenters. The fourth-order valence-corrected chi connectivity index (χ4v) is 4.04. The first kappa shape index (κ1) is 16.5. The highest BCUT2D eigenvalue weighted by molar-refractivity contribution is 7.89. The van der Waals surface area contributed by atoms with E-state index in [1.165, 1.54) is 16.6 Å². The van der Waals surface area contributed by atoms with Gasteiger partial charge in [-0.3, -0.25) is 0 Å². The molecule has 0 aromatic carbocycles. The lowest BCUT2D eigenvalue weighted by Gasteiger charge is -2.25. The number of rotatable bonds is 5.